The van der Waals surface area contributed by atoms with Gasteiger partial charge in [0, 0.05) is 13.0 Å². The molecule has 3 rings (SSSR count). The maximum Gasteiger partial charge on any atom is 0.336 e. The highest BCUT2D eigenvalue weighted by Gasteiger charge is 2.38. The third-order valence-corrected chi connectivity index (χ3v) is 5.56. The van der Waals surface area contributed by atoms with Gasteiger partial charge in [-0.05, 0) is 69.9 Å². The standard InChI is InChI=1S/C22H29NO4/c1-22(2,3)21(26)27-20(25)18-9-6-12-23(18)19(24)14-15-10-11-16-7-4-5-8-17(16)13-15/h4-5,7-8,15,18H,6,9-14H2,1-3H3/t15-,18-/m0/s1. The Bertz CT molecular complexity index is 734. The first-order chi connectivity index (χ1) is 12.8. The SMILES string of the molecule is CC(C)(C)C(=O)OC(=O)[C@@H]1CCCN1C(=O)C[C@H]1CCc2ccccc2C1. The molecule has 146 valence electrons. The lowest BCUT2D eigenvalue weighted by Crippen LogP contribution is -2.43. The van der Waals surface area contributed by atoms with E-state index in [2.05, 4.69) is 18.2 Å². The monoisotopic (exact) mass is 371 g/mol. The first-order valence-electron chi connectivity index (χ1n) is 9.88. The van der Waals surface area contributed by atoms with Crippen molar-refractivity contribution < 1.29 is 19.1 Å². The van der Waals surface area contributed by atoms with E-state index in [0.29, 0.717) is 25.3 Å². The predicted molar refractivity (Wildman–Crippen MR) is 102 cm³/mol. The van der Waals surface area contributed by atoms with Crippen LogP contribution in [0.25, 0.3) is 0 Å². The first kappa shape index (κ1) is 19.6. The van der Waals surface area contributed by atoms with E-state index in [1.54, 1.807) is 25.7 Å². The summed E-state index contributed by atoms with van der Waals surface area (Å²) in [4.78, 5) is 38.9. The molecule has 1 saturated heterocycles. The molecule has 0 radical (unpaired) electrons. The minimum Gasteiger partial charge on any atom is -0.391 e. The van der Waals surface area contributed by atoms with Gasteiger partial charge in [0.05, 0.1) is 5.41 Å². The Labute approximate surface area is 161 Å². The van der Waals surface area contributed by atoms with Crippen LogP contribution in [0.15, 0.2) is 24.3 Å². The van der Waals surface area contributed by atoms with E-state index in [0.717, 1.165) is 25.7 Å². The maximum absolute atomic E-state index is 12.9. The van der Waals surface area contributed by atoms with Crippen LogP contribution in [0.1, 0.15) is 57.6 Å². The molecule has 1 heterocycles. The first-order valence-corrected chi connectivity index (χ1v) is 9.88. The summed E-state index contributed by atoms with van der Waals surface area (Å²) in [7, 11) is 0. The van der Waals surface area contributed by atoms with Crippen LogP contribution >= 0.6 is 0 Å². The Hall–Kier alpha value is -2.17. The van der Waals surface area contributed by atoms with Gasteiger partial charge in [-0.25, -0.2) is 4.79 Å². The number of benzene rings is 1. The number of esters is 2. The molecule has 1 aliphatic heterocycles. The third kappa shape index (κ3) is 4.57. The van der Waals surface area contributed by atoms with Crippen molar-refractivity contribution in [2.75, 3.05) is 6.54 Å². The highest BCUT2D eigenvalue weighted by Crippen LogP contribution is 2.29. The van der Waals surface area contributed by atoms with E-state index < -0.39 is 23.4 Å². The molecule has 0 spiro atoms. The average Bonchev–Trinajstić information content (AvgIpc) is 3.11. The van der Waals surface area contributed by atoms with E-state index in [1.807, 2.05) is 6.07 Å². The Morgan fingerprint density at radius 3 is 2.52 bits per heavy atom. The molecule has 0 saturated carbocycles. The molecule has 1 fully saturated rings. The van der Waals surface area contributed by atoms with Crippen LogP contribution in [-0.4, -0.2) is 35.3 Å². The zero-order valence-corrected chi connectivity index (χ0v) is 16.5. The fourth-order valence-corrected chi connectivity index (χ4v) is 3.93. The van der Waals surface area contributed by atoms with E-state index in [4.69, 9.17) is 4.74 Å². The molecule has 5 heteroatoms. The molecule has 0 N–H and O–H groups in total. The second kappa shape index (κ2) is 7.83. The summed E-state index contributed by atoms with van der Waals surface area (Å²) in [5.74, 6) is -0.826. The van der Waals surface area contributed by atoms with E-state index >= 15 is 0 Å². The van der Waals surface area contributed by atoms with Crippen LogP contribution in [0.2, 0.25) is 0 Å². The molecule has 1 aromatic carbocycles. The summed E-state index contributed by atoms with van der Waals surface area (Å²) in [6.07, 6.45) is 4.69. The molecular weight excluding hydrogens is 342 g/mol. The molecule has 0 aromatic heterocycles. The zero-order valence-electron chi connectivity index (χ0n) is 16.5. The molecule has 1 amide bonds. The second-order valence-electron chi connectivity index (χ2n) is 8.79. The Balaban J connectivity index is 1.59. The van der Waals surface area contributed by atoms with Gasteiger partial charge in [-0.2, -0.15) is 0 Å². The molecule has 0 bridgehead atoms. The highest BCUT2D eigenvalue weighted by atomic mass is 16.6. The molecule has 1 aliphatic carbocycles. The Morgan fingerprint density at radius 2 is 1.81 bits per heavy atom. The Kier molecular flexibility index (Phi) is 5.68. The second-order valence-corrected chi connectivity index (χ2v) is 8.79. The molecule has 0 unspecified atom stereocenters. The third-order valence-electron chi connectivity index (χ3n) is 5.56. The fraction of sp³-hybridized carbons (Fsp3) is 0.591. The largest absolute Gasteiger partial charge is 0.391 e. The van der Waals surface area contributed by atoms with Gasteiger partial charge in [-0.3, -0.25) is 9.59 Å². The van der Waals surface area contributed by atoms with E-state index in [9.17, 15) is 14.4 Å². The molecule has 2 atom stereocenters. The van der Waals surface area contributed by atoms with E-state index in [-0.39, 0.29) is 5.91 Å². The van der Waals surface area contributed by atoms with Gasteiger partial charge in [0.25, 0.3) is 0 Å². The normalized spacial score (nSPS) is 22.3. The van der Waals surface area contributed by atoms with Crippen molar-refractivity contribution in [3.8, 4) is 0 Å². The lowest BCUT2D eigenvalue weighted by atomic mass is 9.82. The van der Waals surface area contributed by atoms with Crippen LogP contribution in [0.3, 0.4) is 0 Å². The highest BCUT2D eigenvalue weighted by molar-refractivity contribution is 5.93. The van der Waals surface area contributed by atoms with Crippen molar-refractivity contribution in [1.29, 1.82) is 0 Å². The van der Waals surface area contributed by atoms with Crippen LogP contribution in [0.4, 0.5) is 0 Å². The van der Waals surface area contributed by atoms with Crippen molar-refractivity contribution in [3.05, 3.63) is 35.4 Å². The van der Waals surface area contributed by atoms with Crippen molar-refractivity contribution in [2.24, 2.45) is 11.3 Å². The number of rotatable bonds is 3. The molecule has 2 aliphatic rings. The van der Waals surface area contributed by atoms with Gasteiger partial charge in [0.15, 0.2) is 0 Å². The van der Waals surface area contributed by atoms with Gasteiger partial charge in [0.2, 0.25) is 5.91 Å². The summed E-state index contributed by atoms with van der Waals surface area (Å²) in [5.41, 5.74) is 1.97. The number of hydrogen-bond acceptors (Lipinski definition) is 4. The minimum atomic E-state index is -0.738. The van der Waals surface area contributed by atoms with Crippen LogP contribution < -0.4 is 0 Å². The molecule has 27 heavy (non-hydrogen) atoms. The summed E-state index contributed by atoms with van der Waals surface area (Å²) in [6.45, 7) is 5.69. The Morgan fingerprint density at radius 1 is 1.11 bits per heavy atom. The van der Waals surface area contributed by atoms with Gasteiger partial charge in [-0.15, -0.1) is 0 Å². The summed E-state index contributed by atoms with van der Waals surface area (Å²) in [5, 5.41) is 0. The number of ether oxygens (including phenoxy) is 1. The number of amides is 1. The number of fused-ring (bicyclic) bond motifs is 1. The number of aryl methyl sites for hydroxylation is 1. The van der Waals surface area contributed by atoms with Crippen molar-refractivity contribution in [3.63, 3.8) is 0 Å². The maximum atomic E-state index is 12.9. The minimum absolute atomic E-state index is 0.00189. The number of carbonyl (C=O) groups is 3. The smallest absolute Gasteiger partial charge is 0.336 e. The predicted octanol–water partition coefficient (Wildman–Crippen LogP) is 3.29. The van der Waals surface area contributed by atoms with Crippen molar-refractivity contribution >= 4 is 17.8 Å². The quantitative estimate of drug-likeness (QED) is 0.604. The number of likely N-dealkylation sites (tertiary alicyclic amines) is 1. The van der Waals surface area contributed by atoms with Gasteiger partial charge in [-0.1, -0.05) is 24.3 Å². The van der Waals surface area contributed by atoms with Crippen LogP contribution in [0, 0.1) is 11.3 Å². The lowest BCUT2D eigenvalue weighted by Gasteiger charge is -2.28. The molecular formula is C22H29NO4. The molecule has 1 aromatic rings. The van der Waals surface area contributed by atoms with Gasteiger partial charge in [0.1, 0.15) is 6.04 Å². The van der Waals surface area contributed by atoms with Gasteiger partial charge >= 0.3 is 11.9 Å². The topological polar surface area (TPSA) is 63.7 Å². The summed E-state index contributed by atoms with van der Waals surface area (Å²) < 4.78 is 5.04. The summed E-state index contributed by atoms with van der Waals surface area (Å²) in [6, 6.07) is 7.78. The fourth-order valence-electron chi connectivity index (χ4n) is 3.93. The average molecular weight is 371 g/mol. The zero-order chi connectivity index (χ0) is 19.6. The molecule has 5 nitrogen and oxygen atoms in total. The van der Waals surface area contributed by atoms with Crippen molar-refractivity contribution in [2.45, 2.75) is 65.3 Å². The van der Waals surface area contributed by atoms with Crippen molar-refractivity contribution in [1.82, 2.24) is 4.90 Å². The lowest BCUT2D eigenvalue weighted by molar-refractivity contribution is -0.170. The van der Waals surface area contributed by atoms with E-state index in [1.165, 1.54) is 11.1 Å². The number of nitrogens with zero attached hydrogens (tertiary/aromatic N) is 1. The van der Waals surface area contributed by atoms with Gasteiger partial charge < -0.3 is 9.64 Å². The summed E-state index contributed by atoms with van der Waals surface area (Å²) >= 11 is 0. The number of hydrogen-bond donors (Lipinski definition) is 0. The van der Waals surface area contributed by atoms with Crippen LogP contribution in [-0.2, 0) is 32.0 Å². The van der Waals surface area contributed by atoms with Crippen LogP contribution in [0.5, 0.6) is 0 Å². The number of carbonyl (C=O) groups excluding carboxylic acids is 3.